The first-order valence-electron chi connectivity index (χ1n) is 5.21. The number of nitrogens with one attached hydrogen (secondary N) is 1. The number of carboxylic acids is 1. The van der Waals surface area contributed by atoms with Gasteiger partial charge in [0.25, 0.3) is 5.92 Å². The summed E-state index contributed by atoms with van der Waals surface area (Å²) in [5.74, 6) is -5.91. The lowest BCUT2D eigenvalue weighted by Gasteiger charge is -2.22. The van der Waals surface area contributed by atoms with Gasteiger partial charge in [-0.25, -0.2) is 13.6 Å². The molecule has 2 N–H and O–H groups in total. The van der Waals surface area contributed by atoms with E-state index in [-0.39, 0.29) is 18.8 Å². The summed E-state index contributed by atoms with van der Waals surface area (Å²) in [7, 11) is 0. The Balaban J connectivity index is 1.98. The van der Waals surface area contributed by atoms with Crippen LogP contribution in [0.25, 0.3) is 0 Å². The molecule has 2 fully saturated rings. The molecule has 2 aliphatic carbocycles. The number of aliphatic carboxylic acids is 1. The largest absolute Gasteiger partial charge is 0.480 e. The van der Waals surface area contributed by atoms with E-state index in [1.54, 1.807) is 0 Å². The van der Waals surface area contributed by atoms with Crippen LogP contribution in [0.5, 0.6) is 0 Å². The molecule has 0 heterocycles. The van der Waals surface area contributed by atoms with Gasteiger partial charge in [0.15, 0.2) is 0 Å². The van der Waals surface area contributed by atoms with Gasteiger partial charge in [0.2, 0.25) is 5.91 Å². The van der Waals surface area contributed by atoms with Gasteiger partial charge in [-0.15, -0.1) is 0 Å². The first-order chi connectivity index (χ1) is 7.34. The van der Waals surface area contributed by atoms with Crippen molar-refractivity contribution < 1.29 is 23.5 Å². The second-order valence-corrected chi connectivity index (χ2v) is 4.64. The van der Waals surface area contributed by atoms with Crippen LogP contribution in [0.2, 0.25) is 0 Å². The van der Waals surface area contributed by atoms with Gasteiger partial charge in [-0.1, -0.05) is 0 Å². The van der Waals surface area contributed by atoms with Gasteiger partial charge in [-0.2, -0.15) is 0 Å². The van der Waals surface area contributed by atoms with Crippen LogP contribution >= 0.6 is 0 Å². The zero-order valence-electron chi connectivity index (χ0n) is 8.74. The monoisotopic (exact) mass is 233 g/mol. The van der Waals surface area contributed by atoms with Gasteiger partial charge in [-0.3, -0.25) is 4.79 Å². The van der Waals surface area contributed by atoms with Crippen molar-refractivity contribution in [3.8, 4) is 0 Å². The third kappa shape index (κ3) is 1.66. The number of fused-ring (bicyclic) bond motifs is 1. The predicted molar refractivity (Wildman–Crippen MR) is 49.9 cm³/mol. The molecule has 4 atom stereocenters. The van der Waals surface area contributed by atoms with Crippen LogP contribution in [-0.4, -0.2) is 28.9 Å². The molecule has 2 rings (SSSR count). The number of carboxylic acid groups (broad SMARTS) is 1. The van der Waals surface area contributed by atoms with E-state index in [1.165, 1.54) is 6.92 Å². The molecule has 0 saturated heterocycles. The van der Waals surface area contributed by atoms with Gasteiger partial charge in [-0.05, 0) is 18.8 Å². The maximum atomic E-state index is 12.9. The molecular weight excluding hydrogens is 220 g/mol. The van der Waals surface area contributed by atoms with Crippen molar-refractivity contribution in [3.63, 3.8) is 0 Å². The molecule has 0 radical (unpaired) electrons. The average Bonchev–Trinajstić information content (AvgIpc) is 2.59. The Morgan fingerprint density at radius 1 is 1.38 bits per heavy atom. The molecule has 1 amide bonds. The molecule has 4 nitrogen and oxygen atoms in total. The normalized spacial score (nSPS) is 36.3. The minimum atomic E-state index is -2.60. The van der Waals surface area contributed by atoms with Crippen molar-refractivity contribution in [2.24, 2.45) is 17.8 Å². The number of carbonyl (C=O) groups excluding carboxylic acids is 1. The fourth-order valence-corrected chi connectivity index (χ4v) is 2.72. The summed E-state index contributed by atoms with van der Waals surface area (Å²) < 4.78 is 25.8. The Bertz CT molecular complexity index is 331. The molecule has 2 saturated carbocycles. The quantitative estimate of drug-likeness (QED) is 0.760. The maximum Gasteiger partial charge on any atom is 0.326 e. The smallest absolute Gasteiger partial charge is 0.326 e. The van der Waals surface area contributed by atoms with E-state index in [9.17, 15) is 18.4 Å². The topological polar surface area (TPSA) is 66.4 Å². The number of hydrogen-bond donors (Lipinski definition) is 2. The van der Waals surface area contributed by atoms with E-state index in [4.69, 9.17) is 5.11 Å². The average molecular weight is 233 g/mol. The standard InChI is InChI=1S/C10H13F2NO3/c1-4(14)13-8(9(15)16)5-2-6-7(3-5)10(6,11)12/h5-8H,2-3H2,1H3,(H,13,14)(H,15,16)/t5-,6-,7+,8?. The molecule has 0 aromatic carbocycles. The number of amides is 1. The van der Waals surface area contributed by atoms with Gasteiger partial charge in [0.1, 0.15) is 6.04 Å². The van der Waals surface area contributed by atoms with E-state index >= 15 is 0 Å². The zero-order valence-corrected chi connectivity index (χ0v) is 8.74. The van der Waals surface area contributed by atoms with Crippen LogP contribution in [0.15, 0.2) is 0 Å². The van der Waals surface area contributed by atoms with Crippen LogP contribution in [0, 0.1) is 17.8 Å². The fourth-order valence-electron chi connectivity index (χ4n) is 2.72. The van der Waals surface area contributed by atoms with Gasteiger partial charge < -0.3 is 10.4 Å². The highest BCUT2D eigenvalue weighted by atomic mass is 19.3. The van der Waals surface area contributed by atoms with E-state index in [2.05, 4.69) is 5.32 Å². The highest BCUT2D eigenvalue weighted by molar-refractivity contribution is 5.82. The Morgan fingerprint density at radius 2 is 1.88 bits per heavy atom. The minimum absolute atomic E-state index is 0.189. The van der Waals surface area contributed by atoms with Crippen molar-refractivity contribution in [1.82, 2.24) is 5.32 Å². The van der Waals surface area contributed by atoms with Crippen molar-refractivity contribution in [2.75, 3.05) is 0 Å². The summed E-state index contributed by atoms with van der Waals surface area (Å²) >= 11 is 0. The number of rotatable bonds is 3. The van der Waals surface area contributed by atoms with Crippen LogP contribution in [0.4, 0.5) is 8.78 Å². The molecular formula is C10H13F2NO3. The molecule has 0 aromatic heterocycles. The molecule has 1 unspecified atom stereocenters. The highest BCUT2D eigenvalue weighted by Gasteiger charge is 2.72. The van der Waals surface area contributed by atoms with E-state index in [0.717, 1.165) is 0 Å². The van der Waals surface area contributed by atoms with Crippen LogP contribution < -0.4 is 5.32 Å². The summed E-state index contributed by atoms with van der Waals surface area (Å²) in [5.41, 5.74) is 0. The van der Waals surface area contributed by atoms with Crippen molar-refractivity contribution in [1.29, 1.82) is 0 Å². The molecule has 0 bridgehead atoms. The third-order valence-corrected chi connectivity index (χ3v) is 3.57. The SMILES string of the molecule is CC(=O)NC(C(=O)O)[C@@H]1C[C@@H]2[C@H](C1)C2(F)F. The summed E-state index contributed by atoms with van der Waals surface area (Å²) in [5, 5.41) is 11.2. The molecule has 6 heteroatoms. The van der Waals surface area contributed by atoms with Gasteiger partial charge >= 0.3 is 5.97 Å². The first-order valence-corrected chi connectivity index (χ1v) is 5.21. The summed E-state index contributed by atoms with van der Waals surface area (Å²) in [6.07, 6.45) is 0.379. The Morgan fingerprint density at radius 3 is 2.25 bits per heavy atom. The highest BCUT2D eigenvalue weighted by Crippen LogP contribution is 2.66. The van der Waals surface area contributed by atoms with E-state index in [1.807, 2.05) is 0 Å². The fraction of sp³-hybridized carbons (Fsp3) is 0.800. The second kappa shape index (κ2) is 3.40. The van der Waals surface area contributed by atoms with Gasteiger partial charge in [0, 0.05) is 18.8 Å². The maximum absolute atomic E-state index is 12.9. The number of hydrogen-bond acceptors (Lipinski definition) is 2. The van der Waals surface area contributed by atoms with Crippen LogP contribution in [-0.2, 0) is 9.59 Å². The molecule has 0 aromatic rings. The Hall–Kier alpha value is -1.20. The van der Waals surface area contributed by atoms with Crippen molar-refractivity contribution in [2.45, 2.75) is 31.7 Å². The lowest BCUT2D eigenvalue weighted by atomic mass is 9.94. The van der Waals surface area contributed by atoms with Gasteiger partial charge in [0.05, 0.1) is 0 Å². The summed E-state index contributed by atoms with van der Waals surface area (Å²) in [6, 6.07) is -1.03. The zero-order chi connectivity index (χ0) is 12.1. The first kappa shape index (κ1) is 11.3. The Kier molecular flexibility index (Phi) is 2.40. The third-order valence-electron chi connectivity index (χ3n) is 3.57. The molecule has 2 aliphatic rings. The summed E-state index contributed by atoms with van der Waals surface area (Å²) in [6.45, 7) is 1.22. The van der Waals surface area contributed by atoms with Crippen LogP contribution in [0.1, 0.15) is 19.8 Å². The molecule has 90 valence electrons. The lowest BCUT2D eigenvalue weighted by Crippen LogP contribution is -2.45. The van der Waals surface area contributed by atoms with Crippen LogP contribution in [0.3, 0.4) is 0 Å². The van der Waals surface area contributed by atoms with Crippen molar-refractivity contribution >= 4 is 11.9 Å². The number of carbonyl (C=O) groups is 2. The Labute approximate surface area is 91.0 Å². The van der Waals surface area contributed by atoms with Crippen molar-refractivity contribution in [3.05, 3.63) is 0 Å². The predicted octanol–water partition coefficient (Wildman–Crippen LogP) is 0.867. The van der Waals surface area contributed by atoms with E-state index in [0.29, 0.717) is 0 Å². The minimum Gasteiger partial charge on any atom is -0.480 e. The second-order valence-electron chi connectivity index (χ2n) is 4.64. The number of alkyl halides is 2. The molecule has 0 aliphatic heterocycles. The molecule has 16 heavy (non-hydrogen) atoms. The number of halogens is 2. The lowest BCUT2D eigenvalue weighted by molar-refractivity contribution is -0.143. The van der Waals surface area contributed by atoms with E-state index < -0.39 is 35.7 Å². The summed E-state index contributed by atoms with van der Waals surface area (Å²) in [4.78, 5) is 21.7. The molecule has 0 spiro atoms.